The molecule has 3 aromatic heterocycles. The molecule has 0 saturated carbocycles. The third-order valence-corrected chi connectivity index (χ3v) is 7.58. The normalized spacial score (nSPS) is 16.0. The van der Waals surface area contributed by atoms with E-state index < -0.39 is 0 Å². The van der Waals surface area contributed by atoms with Crippen molar-refractivity contribution >= 4 is 55.1 Å². The molecular formula is C23H21FN4O3S2. The summed E-state index contributed by atoms with van der Waals surface area (Å²) in [5, 5.41) is 3.98. The summed E-state index contributed by atoms with van der Waals surface area (Å²) < 4.78 is 21.7. The van der Waals surface area contributed by atoms with Gasteiger partial charge in [0.2, 0.25) is 5.91 Å². The Bertz CT molecular complexity index is 1410. The maximum atomic E-state index is 13.8. The van der Waals surface area contributed by atoms with Gasteiger partial charge in [-0.15, -0.1) is 11.3 Å². The lowest BCUT2D eigenvalue weighted by Crippen LogP contribution is -2.28. The molecule has 5 rings (SSSR count). The van der Waals surface area contributed by atoms with Gasteiger partial charge in [0.1, 0.15) is 15.3 Å². The molecule has 4 heterocycles. The van der Waals surface area contributed by atoms with Crippen LogP contribution < -0.4 is 10.9 Å². The fourth-order valence-corrected chi connectivity index (χ4v) is 5.63. The number of ether oxygens (including phenoxy) is 1. The molecule has 1 fully saturated rings. The van der Waals surface area contributed by atoms with Crippen molar-refractivity contribution in [3.63, 3.8) is 0 Å². The molecule has 33 heavy (non-hydrogen) atoms. The number of thioether (sulfide) groups is 1. The summed E-state index contributed by atoms with van der Waals surface area (Å²) in [6.07, 6.45) is 3.47. The van der Waals surface area contributed by atoms with E-state index in [0.29, 0.717) is 39.8 Å². The van der Waals surface area contributed by atoms with E-state index in [1.54, 1.807) is 29.8 Å². The van der Waals surface area contributed by atoms with Gasteiger partial charge in [0.05, 0.1) is 23.9 Å². The predicted molar refractivity (Wildman–Crippen MR) is 129 cm³/mol. The first-order chi connectivity index (χ1) is 16.0. The standard InChI is InChI=1S/C23H21FN4O3S2/c1-13-6-7-14(10-17(13)24)26-18(29)12-32-23-27-19-16-5-2-8-25-21(16)33-20(19)22(30)28(23)11-15-4-3-9-31-15/h2,5-8,10,15H,3-4,9,11-12H2,1H3,(H,26,29)/t15-/m1/s1. The zero-order valence-electron chi connectivity index (χ0n) is 17.8. The van der Waals surface area contributed by atoms with E-state index in [9.17, 15) is 14.0 Å². The van der Waals surface area contributed by atoms with Crippen molar-refractivity contribution in [2.24, 2.45) is 0 Å². The zero-order valence-corrected chi connectivity index (χ0v) is 19.5. The number of aryl methyl sites for hydroxylation is 1. The molecule has 1 atom stereocenters. The molecule has 0 unspecified atom stereocenters. The predicted octanol–water partition coefficient (Wildman–Crippen LogP) is 4.36. The summed E-state index contributed by atoms with van der Waals surface area (Å²) >= 11 is 2.51. The Hall–Kier alpha value is -2.82. The van der Waals surface area contributed by atoms with Gasteiger partial charge >= 0.3 is 0 Å². The summed E-state index contributed by atoms with van der Waals surface area (Å²) in [6, 6.07) is 8.27. The number of benzene rings is 1. The molecule has 4 aromatic rings. The highest BCUT2D eigenvalue weighted by atomic mass is 32.2. The van der Waals surface area contributed by atoms with Crippen LogP contribution in [0, 0.1) is 12.7 Å². The lowest BCUT2D eigenvalue weighted by atomic mass is 10.2. The molecule has 1 aliphatic heterocycles. The van der Waals surface area contributed by atoms with Crippen LogP contribution in [0.15, 0.2) is 46.5 Å². The molecule has 1 aliphatic rings. The number of aromatic nitrogens is 3. The van der Waals surface area contributed by atoms with Crippen LogP contribution in [-0.4, -0.2) is 38.9 Å². The van der Waals surface area contributed by atoms with Crippen LogP contribution in [0.1, 0.15) is 18.4 Å². The number of hydrogen-bond donors (Lipinski definition) is 1. The minimum absolute atomic E-state index is 0.0271. The molecule has 0 radical (unpaired) electrons. The SMILES string of the molecule is Cc1ccc(NC(=O)CSc2nc3c(sc4ncccc43)c(=O)n2C[C@H]2CCCO2)cc1F. The summed E-state index contributed by atoms with van der Waals surface area (Å²) in [4.78, 5) is 35.8. The quantitative estimate of drug-likeness (QED) is 0.323. The lowest BCUT2D eigenvalue weighted by Gasteiger charge is -2.15. The van der Waals surface area contributed by atoms with Gasteiger partial charge in [-0.1, -0.05) is 17.8 Å². The zero-order chi connectivity index (χ0) is 22.9. The molecule has 0 aliphatic carbocycles. The largest absolute Gasteiger partial charge is 0.376 e. The average Bonchev–Trinajstić information content (AvgIpc) is 3.45. The number of halogens is 1. The summed E-state index contributed by atoms with van der Waals surface area (Å²) in [6.45, 7) is 2.73. The number of carbonyl (C=O) groups is 1. The van der Waals surface area contributed by atoms with Crippen molar-refractivity contribution in [1.29, 1.82) is 0 Å². The molecule has 1 aromatic carbocycles. The third kappa shape index (κ3) is 4.50. The summed E-state index contributed by atoms with van der Waals surface area (Å²) in [5.74, 6) is -0.659. The fraction of sp³-hybridized carbons (Fsp3) is 0.304. The molecule has 10 heteroatoms. The van der Waals surface area contributed by atoms with Gasteiger partial charge in [0.15, 0.2) is 5.16 Å². The van der Waals surface area contributed by atoms with E-state index in [1.807, 2.05) is 12.1 Å². The summed E-state index contributed by atoms with van der Waals surface area (Å²) in [7, 11) is 0. The Balaban J connectivity index is 1.45. The number of rotatable bonds is 6. The summed E-state index contributed by atoms with van der Waals surface area (Å²) in [5.41, 5.74) is 1.34. The molecular weight excluding hydrogens is 463 g/mol. The monoisotopic (exact) mass is 484 g/mol. The Kier molecular flexibility index (Phi) is 6.13. The van der Waals surface area contributed by atoms with Crippen molar-refractivity contribution in [2.45, 2.75) is 37.6 Å². The number of amides is 1. The van der Waals surface area contributed by atoms with Crippen LogP contribution in [0.5, 0.6) is 0 Å². The van der Waals surface area contributed by atoms with Gasteiger partial charge in [0, 0.05) is 23.9 Å². The number of nitrogens with one attached hydrogen (secondary N) is 1. The van der Waals surface area contributed by atoms with Gasteiger partial charge in [-0.2, -0.15) is 0 Å². The Morgan fingerprint density at radius 3 is 3.06 bits per heavy atom. The maximum absolute atomic E-state index is 13.8. The number of pyridine rings is 1. The number of thiophene rings is 1. The molecule has 1 amide bonds. The van der Waals surface area contributed by atoms with Crippen LogP contribution >= 0.6 is 23.1 Å². The third-order valence-electron chi connectivity index (χ3n) is 5.52. The Morgan fingerprint density at radius 1 is 1.39 bits per heavy atom. The second-order valence-electron chi connectivity index (χ2n) is 7.88. The Labute approximate surface area is 197 Å². The first-order valence-electron chi connectivity index (χ1n) is 10.6. The van der Waals surface area contributed by atoms with E-state index in [-0.39, 0.29) is 29.1 Å². The van der Waals surface area contributed by atoms with Crippen LogP contribution in [0.3, 0.4) is 0 Å². The van der Waals surface area contributed by atoms with Crippen molar-refractivity contribution in [3.05, 3.63) is 58.3 Å². The molecule has 1 N–H and O–H groups in total. The number of hydrogen-bond acceptors (Lipinski definition) is 7. The lowest BCUT2D eigenvalue weighted by molar-refractivity contribution is -0.113. The highest BCUT2D eigenvalue weighted by Gasteiger charge is 2.22. The van der Waals surface area contributed by atoms with Gasteiger partial charge < -0.3 is 10.1 Å². The van der Waals surface area contributed by atoms with Crippen LogP contribution in [0.25, 0.3) is 20.4 Å². The van der Waals surface area contributed by atoms with Crippen LogP contribution in [-0.2, 0) is 16.1 Å². The van der Waals surface area contributed by atoms with Crippen molar-refractivity contribution in [2.75, 3.05) is 17.7 Å². The second kappa shape index (κ2) is 9.20. The molecule has 7 nitrogen and oxygen atoms in total. The number of nitrogens with zero attached hydrogens (tertiary/aromatic N) is 3. The van der Waals surface area contributed by atoms with E-state index in [0.717, 1.165) is 23.1 Å². The van der Waals surface area contributed by atoms with Gasteiger partial charge in [-0.3, -0.25) is 14.2 Å². The number of fused-ring (bicyclic) bond motifs is 3. The van der Waals surface area contributed by atoms with Crippen molar-refractivity contribution in [3.8, 4) is 0 Å². The number of carbonyl (C=O) groups excluding carboxylic acids is 1. The highest BCUT2D eigenvalue weighted by molar-refractivity contribution is 7.99. The molecule has 0 spiro atoms. The van der Waals surface area contributed by atoms with Crippen LogP contribution in [0.4, 0.5) is 10.1 Å². The van der Waals surface area contributed by atoms with Crippen molar-refractivity contribution in [1.82, 2.24) is 14.5 Å². The first kappa shape index (κ1) is 22.0. The minimum Gasteiger partial charge on any atom is -0.376 e. The van der Waals surface area contributed by atoms with Crippen LogP contribution in [0.2, 0.25) is 0 Å². The highest BCUT2D eigenvalue weighted by Crippen LogP contribution is 2.31. The molecule has 170 valence electrons. The molecule has 0 bridgehead atoms. The minimum atomic E-state index is -0.379. The topological polar surface area (TPSA) is 86.1 Å². The Morgan fingerprint density at radius 2 is 2.27 bits per heavy atom. The van der Waals surface area contributed by atoms with E-state index in [1.165, 1.54) is 29.2 Å². The maximum Gasteiger partial charge on any atom is 0.272 e. The van der Waals surface area contributed by atoms with Crippen molar-refractivity contribution < 1.29 is 13.9 Å². The van der Waals surface area contributed by atoms with Gasteiger partial charge in [-0.05, 0) is 49.6 Å². The molecule has 1 saturated heterocycles. The average molecular weight is 485 g/mol. The second-order valence-corrected chi connectivity index (χ2v) is 9.82. The smallest absolute Gasteiger partial charge is 0.272 e. The van der Waals surface area contributed by atoms with Gasteiger partial charge in [-0.25, -0.2) is 14.4 Å². The first-order valence-corrected chi connectivity index (χ1v) is 12.4. The van der Waals surface area contributed by atoms with E-state index >= 15 is 0 Å². The number of anilines is 1. The fourth-order valence-electron chi connectivity index (χ4n) is 3.80. The van der Waals surface area contributed by atoms with E-state index in [2.05, 4.69) is 10.3 Å². The van der Waals surface area contributed by atoms with E-state index in [4.69, 9.17) is 9.72 Å². The van der Waals surface area contributed by atoms with Gasteiger partial charge in [0.25, 0.3) is 5.56 Å².